The molecule has 0 bridgehead atoms. The number of nitrogens with zero attached hydrogens (tertiary/aromatic N) is 4. The molecule has 2 aromatic heterocycles. The van der Waals surface area contributed by atoms with Gasteiger partial charge in [-0.3, -0.25) is 14.7 Å². The second-order valence-corrected chi connectivity index (χ2v) is 12.4. The molecule has 10 heteroatoms. The van der Waals surface area contributed by atoms with Crippen molar-refractivity contribution in [2.45, 2.75) is 37.9 Å². The van der Waals surface area contributed by atoms with Gasteiger partial charge in [-0.1, -0.05) is 53.8 Å². The molecule has 1 amide bonds. The summed E-state index contributed by atoms with van der Waals surface area (Å²) in [4.78, 5) is 23.9. The number of halogens is 1. The van der Waals surface area contributed by atoms with E-state index in [0.717, 1.165) is 11.1 Å². The third-order valence-corrected chi connectivity index (χ3v) is 9.44. The average molecular weight is 575 g/mol. The van der Waals surface area contributed by atoms with Gasteiger partial charge in [-0.15, -0.1) is 0 Å². The molecule has 7 nitrogen and oxygen atoms in total. The SMILES string of the molecule is CC(C)N(Cc1ccccc1)S(=O)(=O)c1ccc(C(=O)N(Cc2cccnc2)c2nc3c(F)cccc3s2)cc1. The molecule has 0 aliphatic heterocycles. The van der Waals surface area contributed by atoms with Gasteiger partial charge in [0.15, 0.2) is 5.13 Å². The lowest BCUT2D eigenvalue weighted by Gasteiger charge is -2.26. The van der Waals surface area contributed by atoms with Crippen LogP contribution in [0.1, 0.15) is 35.3 Å². The Morgan fingerprint density at radius 1 is 0.900 bits per heavy atom. The summed E-state index contributed by atoms with van der Waals surface area (Å²) in [5.74, 6) is -0.856. The topological polar surface area (TPSA) is 83.5 Å². The van der Waals surface area contributed by atoms with Crippen LogP contribution in [0.15, 0.2) is 102 Å². The Kier molecular flexibility index (Phi) is 8.02. The van der Waals surface area contributed by atoms with Crippen molar-refractivity contribution in [2.24, 2.45) is 0 Å². The number of hydrogen-bond acceptors (Lipinski definition) is 6. The molecule has 0 saturated carbocycles. The van der Waals surface area contributed by atoms with E-state index in [1.807, 2.05) is 50.2 Å². The van der Waals surface area contributed by atoms with E-state index in [-0.39, 0.29) is 35.1 Å². The number of aromatic nitrogens is 2. The second kappa shape index (κ2) is 11.6. The number of fused-ring (bicyclic) bond motifs is 1. The predicted molar refractivity (Wildman–Crippen MR) is 155 cm³/mol. The third-order valence-electron chi connectivity index (χ3n) is 6.36. The van der Waals surface area contributed by atoms with Crippen LogP contribution in [0.4, 0.5) is 9.52 Å². The van der Waals surface area contributed by atoms with Crippen LogP contribution in [0.2, 0.25) is 0 Å². The fourth-order valence-corrected chi connectivity index (χ4v) is 6.89. The van der Waals surface area contributed by atoms with E-state index in [2.05, 4.69) is 9.97 Å². The van der Waals surface area contributed by atoms with Crippen LogP contribution in [0.5, 0.6) is 0 Å². The lowest BCUT2D eigenvalue weighted by atomic mass is 10.2. The number of pyridine rings is 1. The van der Waals surface area contributed by atoms with E-state index in [4.69, 9.17) is 0 Å². The molecule has 40 heavy (non-hydrogen) atoms. The van der Waals surface area contributed by atoms with E-state index in [1.54, 1.807) is 30.6 Å². The number of sulfonamides is 1. The van der Waals surface area contributed by atoms with E-state index in [1.165, 1.54) is 50.9 Å². The quantitative estimate of drug-likeness (QED) is 0.207. The van der Waals surface area contributed by atoms with Crippen molar-refractivity contribution in [3.05, 3.63) is 120 Å². The lowest BCUT2D eigenvalue weighted by molar-refractivity contribution is 0.0985. The van der Waals surface area contributed by atoms with Crippen LogP contribution in [0.25, 0.3) is 10.2 Å². The van der Waals surface area contributed by atoms with Crippen molar-refractivity contribution in [2.75, 3.05) is 4.90 Å². The maximum absolute atomic E-state index is 14.4. The number of rotatable bonds is 9. The van der Waals surface area contributed by atoms with Crippen LogP contribution >= 0.6 is 11.3 Å². The first kappa shape index (κ1) is 27.6. The summed E-state index contributed by atoms with van der Waals surface area (Å²) in [6, 6.07) is 23.3. The molecule has 0 spiro atoms. The number of carbonyl (C=O) groups excluding carboxylic acids is 1. The summed E-state index contributed by atoms with van der Waals surface area (Å²) >= 11 is 1.21. The van der Waals surface area contributed by atoms with Gasteiger partial charge in [0, 0.05) is 30.5 Å². The zero-order chi connectivity index (χ0) is 28.3. The van der Waals surface area contributed by atoms with E-state index in [0.29, 0.717) is 9.83 Å². The number of para-hydroxylation sites is 1. The highest BCUT2D eigenvalue weighted by Gasteiger charge is 2.28. The van der Waals surface area contributed by atoms with Gasteiger partial charge in [0.1, 0.15) is 11.3 Å². The Hall–Kier alpha value is -3.99. The molecular weight excluding hydrogens is 547 g/mol. The van der Waals surface area contributed by atoms with Gasteiger partial charge in [-0.2, -0.15) is 4.31 Å². The first-order valence-electron chi connectivity index (χ1n) is 12.7. The van der Waals surface area contributed by atoms with Crippen molar-refractivity contribution in [3.63, 3.8) is 0 Å². The summed E-state index contributed by atoms with van der Waals surface area (Å²) in [7, 11) is -3.84. The minimum atomic E-state index is -3.84. The van der Waals surface area contributed by atoms with E-state index in [9.17, 15) is 17.6 Å². The van der Waals surface area contributed by atoms with Crippen molar-refractivity contribution in [1.82, 2.24) is 14.3 Å². The highest BCUT2D eigenvalue weighted by atomic mass is 32.2. The van der Waals surface area contributed by atoms with Crippen molar-refractivity contribution < 1.29 is 17.6 Å². The first-order chi connectivity index (χ1) is 19.2. The van der Waals surface area contributed by atoms with Gasteiger partial charge in [-0.05, 0) is 67.4 Å². The summed E-state index contributed by atoms with van der Waals surface area (Å²) in [5, 5.41) is 0.333. The number of carbonyl (C=O) groups is 1. The number of anilines is 1. The first-order valence-corrected chi connectivity index (χ1v) is 14.9. The van der Waals surface area contributed by atoms with E-state index >= 15 is 0 Å². The molecule has 0 unspecified atom stereocenters. The second-order valence-electron chi connectivity index (χ2n) is 9.49. The Balaban J connectivity index is 1.46. The molecule has 204 valence electrons. The fraction of sp³-hybridized carbons (Fsp3) is 0.167. The number of thiazole rings is 1. The standard InChI is InChI=1S/C30H27FN4O3S2/c1-21(2)35(20-22-8-4-3-5-9-22)40(37,38)25-15-13-24(14-16-25)29(36)34(19-23-10-7-17-32-18-23)30-33-28-26(31)11-6-12-27(28)39-30/h3-18,21H,19-20H2,1-2H3. The molecule has 0 saturated heterocycles. The smallest absolute Gasteiger partial charge is 0.260 e. The molecular formula is C30H27FN4O3S2. The fourth-order valence-electron chi connectivity index (χ4n) is 4.29. The average Bonchev–Trinajstić information content (AvgIpc) is 3.41. The summed E-state index contributed by atoms with van der Waals surface area (Å²) in [5.41, 5.74) is 2.12. The Bertz CT molecular complexity index is 1730. The Morgan fingerprint density at radius 3 is 2.27 bits per heavy atom. The summed E-state index contributed by atoms with van der Waals surface area (Å²) in [6.45, 7) is 4.05. The molecule has 0 N–H and O–H groups in total. The van der Waals surface area contributed by atoms with E-state index < -0.39 is 21.7 Å². The normalized spacial score (nSPS) is 11.8. The summed E-state index contributed by atoms with van der Waals surface area (Å²) in [6.07, 6.45) is 3.29. The van der Waals surface area contributed by atoms with Crippen LogP contribution in [0, 0.1) is 5.82 Å². The van der Waals surface area contributed by atoms with Crippen molar-refractivity contribution in [1.29, 1.82) is 0 Å². The monoisotopic (exact) mass is 574 g/mol. The van der Waals surface area contributed by atoms with Gasteiger partial charge in [0.05, 0.1) is 16.1 Å². The van der Waals surface area contributed by atoms with Crippen LogP contribution < -0.4 is 4.90 Å². The van der Waals surface area contributed by atoms with Gasteiger partial charge in [0.2, 0.25) is 10.0 Å². The highest BCUT2D eigenvalue weighted by molar-refractivity contribution is 7.89. The molecule has 0 fully saturated rings. The van der Waals surface area contributed by atoms with Gasteiger partial charge < -0.3 is 0 Å². The maximum Gasteiger partial charge on any atom is 0.260 e. The largest absolute Gasteiger partial charge is 0.279 e. The lowest BCUT2D eigenvalue weighted by Crippen LogP contribution is -2.36. The Morgan fingerprint density at radius 2 is 1.62 bits per heavy atom. The minimum Gasteiger partial charge on any atom is -0.279 e. The maximum atomic E-state index is 14.4. The molecule has 0 atom stereocenters. The van der Waals surface area contributed by atoms with Gasteiger partial charge in [-0.25, -0.2) is 17.8 Å². The van der Waals surface area contributed by atoms with Gasteiger partial charge >= 0.3 is 0 Å². The molecule has 0 radical (unpaired) electrons. The molecule has 0 aliphatic rings. The highest BCUT2D eigenvalue weighted by Crippen LogP contribution is 2.32. The molecule has 5 aromatic rings. The van der Waals surface area contributed by atoms with Crippen molar-refractivity contribution in [3.8, 4) is 0 Å². The zero-order valence-electron chi connectivity index (χ0n) is 21.9. The predicted octanol–water partition coefficient (Wildman–Crippen LogP) is 6.28. The van der Waals surface area contributed by atoms with Gasteiger partial charge in [0.25, 0.3) is 5.91 Å². The third kappa shape index (κ3) is 5.79. The number of benzene rings is 3. The minimum absolute atomic E-state index is 0.0922. The molecule has 2 heterocycles. The molecule has 0 aliphatic carbocycles. The van der Waals surface area contributed by atoms with Crippen LogP contribution in [-0.4, -0.2) is 34.6 Å². The number of hydrogen-bond donors (Lipinski definition) is 0. The zero-order valence-corrected chi connectivity index (χ0v) is 23.6. The van der Waals surface area contributed by atoms with Crippen molar-refractivity contribution >= 4 is 42.6 Å². The molecule has 5 rings (SSSR count). The molecule has 3 aromatic carbocycles. The van der Waals surface area contributed by atoms with Crippen LogP contribution in [-0.2, 0) is 23.1 Å². The Labute approximate surface area is 236 Å². The number of amides is 1. The summed E-state index contributed by atoms with van der Waals surface area (Å²) < 4.78 is 43.6. The van der Waals surface area contributed by atoms with Crippen LogP contribution in [0.3, 0.4) is 0 Å².